The number of rotatable bonds is 2. The fourth-order valence-electron chi connectivity index (χ4n) is 0.818. The van der Waals surface area contributed by atoms with Gasteiger partial charge >= 0.3 is 0 Å². The molecule has 0 saturated carbocycles. The predicted octanol–water partition coefficient (Wildman–Crippen LogP) is 0.413. The van der Waals surface area contributed by atoms with Crippen LogP contribution >= 0.6 is 10.7 Å². The highest BCUT2D eigenvalue weighted by Crippen LogP contribution is 2.20. The van der Waals surface area contributed by atoms with E-state index in [0.717, 1.165) is 6.20 Å². The van der Waals surface area contributed by atoms with Crippen LogP contribution in [0.5, 0.6) is 0 Å². The number of nitrogen functional groups attached to an aromatic ring is 1. The van der Waals surface area contributed by atoms with Gasteiger partial charge in [-0.2, -0.15) is 5.10 Å². The van der Waals surface area contributed by atoms with Crippen LogP contribution in [-0.4, -0.2) is 18.2 Å². The summed E-state index contributed by atoms with van der Waals surface area (Å²) in [6.07, 6.45) is 1.14. The molecule has 0 unspecified atom stereocenters. The molecule has 1 heterocycles. The lowest BCUT2D eigenvalue weighted by atomic mass is 10.6. The Morgan fingerprint density at radius 2 is 2.33 bits per heavy atom. The fraction of sp³-hybridized carbons (Fsp3) is 0.400. The molecule has 1 rings (SSSR count). The highest BCUT2D eigenvalue weighted by atomic mass is 35.7. The molecular weight excluding hydrogens is 202 g/mol. The summed E-state index contributed by atoms with van der Waals surface area (Å²) in [5, 5.41) is 3.73. The minimum Gasteiger partial charge on any atom is -0.383 e. The Morgan fingerprint density at radius 3 is 2.58 bits per heavy atom. The van der Waals surface area contributed by atoms with E-state index in [-0.39, 0.29) is 10.7 Å². The third-order valence-electron chi connectivity index (χ3n) is 1.41. The van der Waals surface area contributed by atoms with Crippen LogP contribution in [-0.2, 0) is 15.6 Å². The second-order valence-electron chi connectivity index (χ2n) is 2.15. The van der Waals surface area contributed by atoms with Crippen molar-refractivity contribution >= 4 is 25.6 Å². The van der Waals surface area contributed by atoms with E-state index in [1.807, 2.05) is 0 Å². The summed E-state index contributed by atoms with van der Waals surface area (Å²) in [7, 11) is 1.31. The molecule has 1 aromatic rings. The van der Waals surface area contributed by atoms with Gasteiger partial charge in [0.2, 0.25) is 0 Å². The van der Waals surface area contributed by atoms with Crippen LogP contribution in [0.15, 0.2) is 11.1 Å². The lowest BCUT2D eigenvalue weighted by molar-refractivity contribution is 0.609. The summed E-state index contributed by atoms with van der Waals surface area (Å²) >= 11 is 0. The van der Waals surface area contributed by atoms with Gasteiger partial charge < -0.3 is 5.73 Å². The zero-order valence-corrected chi connectivity index (χ0v) is 7.93. The van der Waals surface area contributed by atoms with Crippen molar-refractivity contribution in [3.63, 3.8) is 0 Å². The van der Waals surface area contributed by atoms with Gasteiger partial charge in [-0.1, -0.05) is 0 Å². The van der Waals surface area contributed by atoms with Crippen LogP contribution in [0.25, 0.3) is 0 Å². The van der Waals surface area contributed by atoms with Crippen molar-refractivity contribution in [2.24, 2.45) is 0 Å². The fourth-order valence-corrected chi connectivity index (χ4v) is 1.70. The van der Waals surface area contributed by atoms with Gasteiger partial charge in [-0.25, -0.2) is 13.1 Å². The second kappa shape index (κ2) is 2.95. The third-order valence-corrected chi connectivity index (χ3v) is 2.75. The number of aryl methyl sites for hydroxylation is 1. The van der Waals surface area contributed by atoms with Gasteiger partial charge in [0.1, 0.15) is 10.7 Å². The Labute approximate surface area is 74.5 Å². The summed E-state index contributed by atoms with van der Waals surface area (Å²) in [5.41, 5.74) is 5.44. The minimum absolute atomic E-state index is 0.0764. The van der Waals surface area contributed by atoms with Gasteiger partial charge in [-0.3, -0.25) is 0 Å². The number of hydrogen-bond donors (Lipinski definition) is 1. The summed E-state index contributed by atoms with van der Waals surface area (Å²) in [5.74, 6) is 0.0764. The monoisotopic (exact) mass is 209 g/mol. The Kier molecular flexibility index (Phi) is 2.29. The van der Waals surface area contributed by atoms with E-state index < -0.39 is 9.05 Å². The van der Waals surface area contributed by atoms with Crippen molar-refractivity contribution in [2.45, 2.75) is 18.4 Å². The number of nitrogens with zero attached hydrogens (tertiary/aromatic N) is 2. The molecule has 0 radical (unpaired) electrons. The zero-order chi connectivity index (χ0) is 9.35. The van der Waals surface area contributed by atoms with E-state index in [2.05, 4.69) is 5.10 Å². The summed E-state index contributed by atoms with van der Waals surface area (Å²) in [6.45, 7) is 2.31. The first-order valence-electron chi connectivity index (χ1n) is 3.22. The van der Waals surface area contributed by atoms with E-state index in [1.54, 1.807) is 6.92 Å². The molecule has 0 aliphatic carbocycles. The number of aromatic nitrogens is 2. The average molecular weight is 210 g/mol. The highest BCUT2D eigenvalue weighted by molar-refractivity contribution is 8.13. The van der Waals surface area contributed by atoms with Crippen LogP contribution in [0.3, 0.4) is 0 Å². The van der Waals surface area contributed by atoms with E-state index in [9.17, 15) is 8.42 Å². The lowest BCUT2D eigenvalue weighted by Gasteiger charge is -1.98. The molecule has 0 aliphatic heterocycles. The molecule has 7 heteroatoms. The molecule has 2 N–H and O–H groups in total. The van der Waals surface area contributed by atoms with Crippen molar-refractivity contribution in [1.82, 2.24) is 9.78 Å². The first-order valence-corrected chi connectivity index (χ1v) is 5.53. The Balaban J connectivity index is 3.30. The second-order valence-corrected chi connectivity index (χ2v) is 4.68. The topological polar surface area (TPSA) is 78.0 Å². The molecule has 68 valence electrons. The molecule has 0 spiro atoms. The first-order chi connectivity index (χ1) is 5.46. The smallest absolute Gasteiger partial charge is 0.266 e. The standard InChI is InChI=1S/C5H8ClN3O2S/c1-2-9-5(7)4(3-8-9)12(6,10)11/h3H,2,7H2,1H3. The summed E-state index contributed by atoms with van der Waals surface area (Å²) in [4.78, 5) is -0.133. The normalized spacial score (nSPS) is 11.8. The number of nitrogens with two attached hydrogens (primary N) is 1. The molecule has 0 amide bonds. The largest absolute Gasteiger partial charge is 0.383 e. The maximum Gasteiger partial charge on any atom is 0.266 e. The van der Waals surface area contributed by atoms with Gasteiger partial charge in [0.25, 0.3) is 9.05 Å². The van der Waals surface area contributed by atoms with Crippen molar-refractivity contribution in [1.29, 1.82) is 0 Å². The number of halogens is 1. The van der Waals surface area contributed by atoms with E-state index in [0.29, 0.717) is 6.54 Å². The molecule has 0 bridgehead atoms. The molecule has 12 heavy (non-hydrogen) atoms. The number of hydrogen-bond acceptors (Lipinski definition) is 4. The van der Waals surface area contributed by atoms with Crippen LogP contribution in [0.4, 0.5) is 5.82 Å². The molecule has 5 nitrogen and oxygen atoms in total. The van der Waals surface area contributed by atoms with Gasteiger partial charge in [0, 0.05) is 17.2 Å². The summed E-state index contributed by atoms with van der Waals surface area (Å²) < 4.78 is 23.0. The summed E-state index contributed by atoms with van der Waals surface area (Å²) in [6, 6.07) is 0. The first kappa shape index (κ1) is 9.34. The molecule has 0 aliphatic rings. The Hall–Kier alpha value is -0.750. The van der Waals surface area contributed by atoms with Crippen LogP contribution in [0.1, 0.15) is 6.92 Å². The van der Waals surface area contributed by atoms with E-state index in [1.165, 1.54) is 4.68 Å². The predicted molar refractivity (Wildman–Crippen MR) is 45.4 cm³/mol. The van der Waals surface area contributed by atoms with Gasteiger partial charge in [0.05, 0.1) is 6.20 Å². The molecule has 1 aromatic heterocycles. The van der Waals surface area contributed by atoms with Gasteiger partial charge in [-0.05, 0) is 6.92 Å². The van der Waals surface area contributed by atoms with E-state index >= 15 is 0 Å². The van der Waals surface area contributed by atoms with Gasteiger partial charge in [0.15, 0.2) is 0 Å². The zero-order valence-electron chi connectivity index (χ0n) is 6.36. The van der Waals surface area contributed by atoms with E-state index in [4.69, 9.17) is 16.4 Å². The maximum absolute atomic E-state index is 10.8. The molecule has 0 aromatic carbocycles. The van der Waals surface area contributed by atoms with Gasteiger partial charge in [-0.15, -0.1) is 0 Å². The molecule has 0 saturated heterocycles. The van der Waals surface area contributed by atoms with Crippen molar-refractivity contribution in [3.05, 3.63) is 6.20 Å². The molecular formula is C5H8ClN3O2S. The van der Waals surface area contributed by atoms with Crippen molar-refractivity contribution in [3.8, 4) is 0 Å². The van der Waals surface area contributed by atoms with Crippen molar-refractivity contribution < 1.29 is 8.42 Å². The van der Waals surface area contributed by atoms with Crippen LogP contribution < -0.4 is 5.73 Å². The lowest BCUT2D eigenvalue weighted by Crippen LogP contribution is -2.04. The quantitative estimate of drug-likeness (QED) is 0.716. The minimum atomic E-state index is -3.76. The Morgan fingerprint density at radius 1 is 1.75 bits per heavy atom. The highest BCUT2D eigenvalue weighted by Gasteiger charge is 2.17. The SMILES string of the molecule is CCn1ncc(S(=O)(=O)Cl)c1N. The Bertz CT molecular complexity index is 383. The molecule has 0 atom stereocenters. The third kappa shape index (κ3) is 1.54. The number of anilines is 1. The van der Waals surface area contributed by atoms with Crippen LogP contribution in [0, 0.1) is 0 Å². The van der Waals surface area contributed by atoms with Crippen LogP contribution in [0.2, 0.25) is 0 Å². The molecule has 0 fully saturated rings. The average Bonchev–Trinajstić information content (AvgIpc) is 2.29. The maximum atomic E-state index is 10.8. The van der Waals surface area contributed by atoms with Crippen molar-refractivity contribution in [2.75, 3.05) is 5.73 Å².